The van der Waals surface area contributed by atoms with Crippen LogP contribution < -0.4 is 29.8 Å². The first kappa shape index (κ1) is 25.0. The maximum Gasteiger partial charge on any atom is 0.231 e. The molecule has 5 aromatic carbocycles. The van der Waals surface area contributed by atoms with Crippen LogP contribution in [0.25, 0.3) is 43.1 Å². The summed E-state index contributed by atoms with van der Waals surface area (Å²) in [7, 11) is 2.70. The van der Waals surface area contributed by atoms with Crippen molar-refractivity contribution in [2.24, 2.45) is 0 Å². The molecule has 5 aromatic rings. The van der Waals surface area contributed by atoms with Gasteiger partial charge in [-0.25, -0.2) is 0 Å². The molecular formula is C29H26O10. The van der Waals surface area contributed by atoms with Gasteiger partial charge in [-0.05, 0) is 36.8 Å². The number of ether oxygens (including phenoxy) is 4. The van der Waals surface area contributed by atoms with Gasteiger partial charge in [0.2, 0.25) is 17.7 Å². The highest BCUT2D eigenvalue weighted by atomic mass is 16.7. The van der Waals surface area contributed by atoms with Crippen LogP contribution in [0.2, 0.25) is 0 Å². The summed E-state index contributed by atoms with van der Waals surface area (Å²) in [5, 5.41) is 45.5. The fourth-order valence-corrected chi connectivity index (χ4v) is 6.11. The van der Waals surface area contributed by atoms with Crippen molar-refractivity contribution in [1.82, 2.24) is 0 Å². The van der Waals surface area contributed by atoms with Gasteiger partial charge in [0.25, 0.3) is 0 Å². The van der Waals surface area contributed by atoms with Crippen LogP contribution in [0, 0.1) is 0 Å². The maximum atomic E-state index is 13.8. The quantitative estimate of drug-likeness (QED) is 0.189. The number of hydrogen-bond acceptors (Lipinski definition) is 10. The summed E-state index contributed by atoms with van der Waals surface area (Å²) in [6.07, 6.45) is -1.71. The molecule has 0 bridgehead atoms. The largest absolute Gasteiger partial charge is 0.504 e. The van der Waals surface area contributed by atoms with E-state index < -0.39 is 23.1 Å². The van der Waals surface area contributed by atoms with Crippen LogP contribution in [-0.4, -0.2) is 53.6 Å². The zero-order valence-corrected chi connectivity index (χ0v) is 21.7. The van der Waals surface area contributed by atoms with Crippen LogP contribution in [0.15, 0.2) is 21.7 Å². The number of methoxy groups -OCH3 is 2. The highest BCUT2D eigenvalue weighted by Gasteiger charge is 2.33. The molecular weight excluding hydrogens is 508 g/mol. The monoisotopic (exact) mass is 534 g/mol. The second-order valence-corrected chi connectivity index (χ2v) is 9.99. The third-order valence-corrected chi connectivity index (χ3v) is 7.39. The van der Waals surface area contributed by atoms with Crippen LogP contribution >= 0.6 is 0 Å². The van der Waals surface area contributed by atoms with Gasteiger partial charge in [-0.15, -0.1) is 0 Å². The number of aromatic hydroxyl groups is 2. The number of fused-ring (bicyclic) bond motifs is 1. The zero-order valence-electron chi connectivity index (χ0n) is 21.7. The number of phenolic OH excluding ortho intramolecular Hbond substituents is 2. The molecule has 4 N–H and O–H groups in total. The van der Waals surface area contributed by atoms with Crippen molar-refractivity contribution < 1.29 is 39.4 Å². The van der Waals surface area contributed by atoms with E-state index in [0.29, 0.717) is 32.7 Å². The second kappa shape index (κ2) is 8.62. The standard InChI is InChI=1S/C29H26O10/c1-10(30)5-14-20-18-12(24(34)26(14)36-3)7-16(32)28-22(18)23-19-13(8-17(33)29(23)39-9-38-28)25(35)27(37-4)15(21(19)20)6-11(2)31/h7-8,10-11,30-33H,5-6,9H2,1-4H3. The Labute approximate surface area is 220 Å². The van der Waals surface area contributed by atoms with E-state index in [0.717, 1.165) is 0 Å². The van der Waals surface area contributed by atoms with Crippen molar-refractivity contribution >= 4 is 43.1 Å². The number of phenols is 2. The Balaban J connectivity index is 2.12. The van der Waals surface area contributed by atoms with E-state index >= 15 is 0 Å². The molecule has 0 aromatic heterocycles. The van der Waals surface area contributed by atoms with Gasteiger partial charge in [0.05, 0.1) is 26.4 Å². The van der Waals surface area contributed by atoms with Gasteiger partial charge in [-0.3, -0.25) is 9.59 Å². The van der Waals surface area contributed by atoms with Crippen LogP contribution in [0.5, 0.6) is 34.5 Å². The molecule has 1 aliphatic rings. The van der Waals surface area contributed by atoms with Crippen molar-refractivity contribution in [1.29, 1.82) is 0 Å². The average molecular weight is 535 g/mol. The molecule has 0 fully saturated rings. The molecule has 6 rings (SSSR count). The third-order valence-electron chi connectivity index (χ3n) is 7.39. The SMILES string of the molecule is COc1c(CC(C)O)c2c3c(CC(C)O)c(OC)c(=O)c4cc(O)c5c(c6c(c(O)cc(c1=O)c26)OCO5)c43. The van der Waals surface area contributed by atoms with Crippen LogP contribution in [-0.2, 0) is 12.8 Å². The predicted octanol–water partition coefficient (Wildman–Crippen LogP) is 2.90. The highest BCUT2D eigenvalue weighted by molar-refractivity contribution is 6.38. The summed E-state index contributed by atoms with van der Waals surface area (Å²) in [6.45, 7) is 2.80. The Kier molecular flexibility index (Phi) is 5.53. The van der Waals surface area contributed by atoms with Crippen LogP contribution in [0.4, 0.5) is 0 Å². The molecule has 202 valence electrons. The van der Waals surface area contributed by atoms with Gasteiger partial charge in [0.1, 0.15) is 0 Å². The molecule has 0 spiro atoms. The Morgan fingerprint density at radius 2 is 1.10 bits per heavy atom. The van der Waals surface area contributed by atoms with E-state index in [1.807, 2.05) is 0 Å². The summed E-state index contributed by atoms with van der Waals surface area (Å²) in [5.74, 6) is -0.662. The molecule has 0 radical (unpaired) electrons. The van der Waals surface area contributed by atoms with Gasteiger partial charge in [0, 0.05) is 56.3 Å². The summed E-state index contributed by atoms with van der Waals surface area (Å²) < 4.78 is 22.7. The fourth-order valence-electron chi connectivity index (χ4n) is 6.11. The Morgan fingerprint density at radius 1 is 0.718 bits per heavy atom. The summed E-state index contributed by atoms with van der Waals surface area (Å²) >= 11 is 0. The number of aliphatic hydroxyl groups excluding tert-OH is 2. The first-order valence-electron chi connectivity index (χ1n) is 12.4. The summed E-state index contributed by atoms with van der Waals surface area (Å²) in [6, 6.07) is 2.58. The molecule has 2 unspecified atom stereocenters. The first-order chi connectivity index (χ1) is 18.6. The summed E-state index contributed by atoms with van der Waals surface area (Å²) in [5.41, 5.74) is -0.253. The van der Waals surface area contributed by atoms with Crippen molar-refractivity contribution in [3.63, 3.8) is 0 Å². The third kappa shape index (κ3) is 3.28. The van der Waals surface area contributed by atoms with Gasteiger partial charge in [-0.1, -0.05) is 0 Å². The van der Waals surface area contributed by atoms with Crippen molar-refractivity contribution in [2.75, 3.05) is 21.0 Å². The van der Waals surface area contributed by atoms with Crippen molar-refractivity contribution in [3.8, 4) is 34.5 Å². The number of hydrogen-bond donors (Lipinski definition) is 4. The normalized spacial score (nSPS) is 14.6. The average Bonchev–Trinajstić information content (AvgIpc) is 3.08. The summed E-state index contributed by atoms with van der Waals surface area (Å²) in [4.78, 5) is 27.5. The van der Waals surface area contributed by atoms with Crippen LogP contribution in [0.1, 0.15) is 25.0 Å². The Hall–Kier alpha value is -4.28. The minimum Gasteiger partial charge on any atom is -0.504 e. The maximum absolute atomic E-state index is 13.8. The molecule has 1 aliphatic heterocycles. The minimum atomic E-state index is -0.879. The molecule has 0 amide bonds. The van der Waals surface area contributed by atoms with Gasteiger partial charge in [-0.2, -0.15) is 0 Å². The lowest BCUT2D eigenvalue weighted by Crippen LogP contribution is -2.17. The van der Waals surface area contributed by atoms with Gasteiger partial charge in [0.15, 0.2) is 34.5 Å². The lowest BCUT2D eigenvalue weighted by atomic mass is 9.82. The Bertz CT molecular complexity index is 1790. The fraction of sp³-hybridized carbons (Fsp3) is 0.310. The van der Waals surface area contributed by atoms with E-state index in [4.69, 9.17) is 18.9 Å². The van der Waals surface area contributed by atoms with E-state index in [1.165, 1.54) is 26.4 Å². The van der Waals surface area contributed by atoms with Crippen LogP contribution in [0.3, 0.4) is 0 Å². The van der Waals surface area contributed by atoms with E-state index in [9.17, 15) is 30.0 Å². The minimum absolute atomic E-state index is 0.0210. The molecule has 1 heterocycles. The predicted molar refractivity (Wildman–Crippen MR) is 145 cm³/mol. The number of rotatable bonds is 6. The first-order valence-corrected chi connectivity index (χ1v) is 12.4. The molecule has 10 heteroatoms. The van der Waals surface area contributed by atoms with E-state index in [1.54, 1.807) is 13.8 Å². The van der Waals surface area contributed by atoms with E-state index in [-0.39, 0.29) is 75.7 Å². The molecule has 0 saturated carbocycles. The molecule has 2 atom stereocenters. The van der Waals surface area contributed by atoms with Gasteiger partial charge < -0.3 is 39.4 Å². The lowest BCUT2D eigenvalue weighted by molar-refractivity contribution is 0.119. The smallest absolute Gasteiger partial charge is 0.231 e. The second-order valence-electron chi connectivity index (χ2n) is 9.99. The molecule has 39 heavy (non-hydrogen) atoms. The molecule has 0 aliphatic carbocycles. The van der Waals surface area contributed by atoms with Gasteiger partial charge >= 0.3 is 0 Å². The Morgan fingerprint density at radius 3 is 1.44 bits per heavy atom. The lowest BCUT2D eigenvalue weighted by Gasteiger charge is -2.24. The molecule has 0 saturated heterocycles. The van der Waals surface area contributed by atoms with E-state index in [2.05, 4.69) is 0 Å². The zero-order chi connectivity index (χ0) is 27.9. The van der Waals surface area contributed by atoms with Crippen molar-refractivity contribution in [3.05, 3.63) is 43.7 Å². The van der Waals surface area contributed by atoms with Crippen molar-refractivity contribution in [2.45, 2.75) is 38.9 Å². The highest BCUT2D eigenvalue weighted by Crippen LogP contribution is 2.55. The topological polar surface area (TPSA) is 152 Å². The number of benzene rings is 5. The number of aliphatic hydroxyl groups is 2. The molecule has 10 nitrogen and oxygen atoms in total.